The van der Waals surface area contributed by atoms with Crippen molar-refractivity contribution >= 4 is 18.0 Å². The molecule has 4 nitrogen and oxygen atoms in total. The maximum Gasteiger partial charge on any atom is 0.251 e. The van der Waals surface area contributed by atoms with Crippen molar-refractivity contribution in [2.45, 2.75) is 29.8 Å². The molecule has 0 bridgehead atoms. The molecule has 2 aromatic rings. The van der Waals surface area contributed by atoms with Crippen LogP contribution < -0.4 is 5.56 Å². The number of aromatic nitrogens is 2. The number of aromatic amines is 1. The van der Waals surface area contributed by atoms with Crippen molar-refractivity contribution in [2.75, 3.05) is 0 Å². The van der Waals surface area contributed by atoms with E-state index in [0.717, 1.165) is 29.7 Å². The van der Waals surface area contributed by atoms with Crippen molar-refractivity contribution < 1.29 is 4.79 Å². The van der Waals surface area contributed by atoms with Crippen LogP contribution in [0.25, 0.3) is 0 Å². The van der Waals surface area contributed by atoms with Gasteiger partial charge in [0.1, 0.15) is 6.29 Å². The molecule has 0 radical (unpaired) electrons. The summed E-state index contributed by atoms with van der Waals surface area (Å²) in [6.45, 7) is 2.05. The predicted molar refractivity (Wildman–Crippen MR) is 74.8 cm³/mol. The van der Waals surface area contributed by atoms with E-state index in [4.69, 9.17) is 0 Å². The van der Waals surface area contributed by atoms with Gasteiger partial charge in [-0.2, -0.15) is 0 Å². The number of carbonyl (C=O) groups is 1. The van der Waals surface area contributed by atoms with Gasteiger partial charge in [-0.15, -0.1) is 0 Å². The smallest absolute Gasteiger partial charge is 0.251 e. The summed E-state index contributed by atoms with van der Waals surface area (Å²) in [7, 11) is 0. The van der Waals surface area contributed by atoms with Gasteiger partial charge in [-0.1, -0.05) is 37.2 Å². The van der Waals surface area contributed by atoms with E-state index in [1.54, 1.807) is 12.1 Å². The van der Waals surface area contributed by atoms with Crippen molar-refractivity contribution in [3.8, 4) is 0 Å². The maximum absolute atomic E-state index is 11.5. The fourth-order valence-electron chi connectivity index (χ4n) is 1.64. The molecule has 0 aliphatic carbocycles. The van der Waals surface area contributed by atoms with Crippen molar-refractivity contribution in [3.63, 3.8) is 0 Å². The van der Waals surface area contributed by atoms with Gasteiger partial charge in [0.15, 0.2) is 5.16 Å². The first-order valence-electron chi connectivity index (χ1n) is 6.04. The van der Waals surface area contributed by atoms with Crippen LogP contribution in [0.3, 0.4) is 0 Å². The molecule has 0 aliphatic rings. The fraction of sp³-hybridized carbons (Fsp3) is 0.214. The van der Waals surface area contributed by atoms with E-state index in [2.05, 4.69) is 9.97 Å². The van der Waals surface area contributed by atoms with Gasteiger partial charge < -0.3 is 4.98 Å². The Kier molecular flexibility index (Phi) is 4.52. The third kappa shape index (κ3) is 3.79. The van der Waals surface area contributed by atoms with E-state index in [-0.39, 0.29) is 5.56 Å². The molecule has 1 heterocycles. The van der Waals surface area contributed by atoms with Gasteiger partial charge in [0.05, 0.1) is 0 Å². The lowest BCUT2D eigenvalue weighted by Gasteiger charge is -2.03. The van der Waals surface area contributed by atoms with Crippen molar-refractivity contribution in [1.82, 2.24) is 9.97 Å². The molecule has 0 atom stereocenters. The van der Waals surface area contributed by atoms with E-state index >= 15 is 0 Å². The molecule has 2 rings (SSSR count). The lowest BCUT2D eigenvalue weighted by atomic mass is 10.2. The second-order valence-corrected chi connectivity index (χ2v) is 5.14. The molecule has 0 saturated carbocycles. The molecule has 1 N–H and O–H groups in total. The molecule has 0 amide bonds. The number of hydrogen-bond donors (Lipinski definition) is 1. The molecule has 0 aliphatic heterocycles. The summed E-state index contributed by atoms with van der Waals surface area (Å²) in [5.41, 5.74) is 1.30. The molecular weight excluding hydrogens is 260 g/mol. The number of rotatable bonds is 5. The Labute approximate surface area is 115 Å². The van der Waals surface area contributed by atoms with Crippen LogP contribution in [0.4, 0.5) is 0 Å². The van der Waals surface area contributed by atoms with Gasteiger partial charge in [0, 0.05) is 22.2 Å². The van der Waals surface area contributed by atoms with Crippen molar-refractivity contribution in [3.05, 3.63) is 51.9 Å². The Balaban J connectivity index is 2.21. The molecule has 98 valence electrons. The molecule has 1 aromatic carbocycles. The van der Waals surface area contributed by atoms with Crippen molar-refractivity contribution in [2.24, 2.45) is 0 Å². The standard InChI is InChI=1S/C14H14N2O2S/c1-2-3-11-8-13(18)16-14(15-11)19-12-6-4-10(9-17)5-7-12/h4-9H,2-3H2,1H3,(H,15,16,18). The summed E-state index contributed by atoms with van der Waals surface area (Å²) in [5.74, 6) is 0. The van der Waals surface area contributed by atoms with Crippen LogP contribution in [-0.2, 0) is 6.42 Å². The molecule has 0 saturated heterocycles. The zero-order valence-corrected chi connectivity index (χ0v) is 11.4. The highest BCUT2D eigenvalue weighted by Gasteiger charge is 2.03. The zero-order chi connectivity index (χ0) is 13.7. The lowest BCUT2D eigenvalue weighted by molar-refractivity contribution is 0.112. The maximum atomic E-state index is 11.5. The normalized spacial score (nSPS) is 10.4. The van der Waals surface area contributed by atoms with Gasteiger partial charge in [-0.05, 0) is 18.6 Å². The summed E-state index contributed by atoms with van der Waals surface area (Å²) in [5, 5.41) is 0.579. The molecule has 0 fully saturated rings. The Hall–Kier alpha value is -1.88. The third-order valence-electron chi connectivity index (χ3n) is 2.51. The van der Waals surface area contributed by atoms with E-state index < -0.39 is 0 Å². The van der Waals surface area contributed by atoms with Crippen molar-refractivity contribution in [1.29, 1.82) is 0 Å². The SMILES string of the molecule is CCCc1cc(=O)[nH]c(Sc2ccc(C=O)cc2)n1. The Morgan fingerprint density at radius 1 is 1.32 bits per heavy atom. The molecule has 0 spiro atoms. The minimum Gasteiger partial charge on any atom is -0.301 e. The Bertz CT molecular complexity index is 620. The first kappa shape index (κ1) is 13.5. The van der Waals surface area contributed by atoms with Crippen LogP contribution >= 0.6 is 11.8 Å². The summed E-state index contributed by atoms with van der Waals surface area (Å²) >= 11 is 1.38. The summed E-state index contributed by atoms with van der Waals surface area (Å²) < 4.78 is 0. The highest BCUT2D eigenvalue weighted by atomic mass is 32.2. The summed E-state index contributed by atoms with van der Waals surface area (Å²) in [6.07, 6.45) is 2.55. The first-order valence-corrected chi connectivity index (χ1v) is 6.86. The number of aldehydes is 1. The zero-order valence-electron chi connectivity index (χ0n) is 10.6. The summed E-state index contributed by atoms with van der Waals surface area (Å²) in [6, 6.07) is 8.68. The van der Waals surface area contributed by atoms with E-state index in [0.29, 0.717) is 10.7 Å². The molecule has 5 heteroatoms. The van der Waals surface area contributed by atoms with Crippen LogP contribution in [0, 0.1) is 0 Å². The number of nitrogens with zero attached hydrogens (tertiary/aromatic N) is 1. The molecule has 1 aromatic heterocycles. The highest BCUT2D eigenvalue weighted by Crippen LogP contribution is 2.23. The average molecular weight is 274 g/mol. The monoisotopic (exact) mass is 274 g/mol. The number of nitrogens with one attached hydrogen (secondary N) is 1. The quantitative estimate of drug-likeness (QED) is 0.672. The van der Waals surface area contributed by atoms with Gasteiger partial charge in [0.2, 0.25) is 0 Å². The Morgan fingerprint density at radius 3 is 2.68 bits per heavy atom. The van der Waals surface area contributed by atoms with Gasteiger partial charge in [-0.25, -0.2) is 4.98 Å². The predicted octanol–water partition coefficient (Wildman–Crippen LogP) is 2.69. The van der Waals surface area contributed by atoms with E-state index in [1.807, 2.05) is 19.1 Å². The average Bonchev–Trinajstić information content (AvgIpc) is 2.39. The number of benzene rings is 1. The van der Waals surface area contributed by atoms with Crippen LogP contribution in [0.5, 0.6) is 0 Å². The second kappa shape index (κ2) is 6.33. The lowest BCUT2D eigenvalue weighted by Crippen LogP contribution is -2.09. The van der Waals surface area contributed by atoms with E-state index in [1.165, 1.54) is 17.8 Å². The van der Waals surface area contributed by atoms with Gasteiger partial charge in [0.25, 0.3) is 5.56 Å². The van der Waals surface area contributed by atoms with Crippen LogP contribution in [0.2, 0.25) is 0 Å². The number of hydrogen-bond acceptors (Lipinski definition) is 4. The second-order valence-electron chi connectivity index (χ2n) is 4.08. The summed E-state index contributed by atoms with van der Waals surface area (Å²) in [4.78, 5) is 30.1. The molecule has 0 unspecified atom stereocenters. The van der Waals surface area contributed by atoms with E-state index in [9.17, 15) is 9.59 Å². The fourth-order valence-corrected chi connectivity index (χ4v) is 2.45. The number of carbonyl (C=O) groups excluding carboxylic acids is 1. The molecular formula is C14H14N2O2S. The van der Waals surface area contributed by atoms with Crippen LogP contribution in [0.15, 0.2) is 45.2 Å². The number of aryl methyl sites for hydroxylation is 1. The van der Waals surface area contributed by atoms with Gasteiger partial charge in [-0.3, -0.25) is 9.59 Å². The van der Waals surface area contributed by atoms with Gasteiger partial charge >= 0.3 is 0 Å². The minimum absolute atomic E-state index is 0.134. The highest BCUT2D eigenvalue weighted by molar-refractivity contribution is 7.99. The minimum atomic E-state index is -0.134. The molecule has 19 heavy (non-hydrogen) atoms. The third-order valence-corrected chi connectivity index (χ3v) is 3.40. The topological polar surface area (TPSA) is 62.8 Å². The van der Waals surface area contributed by atoms with Crippen LogP contribution in [0.1, 0.15) is 29.4 Å². The first-order chi connectivity index (χ1) is 9.21. The number of H-pyrrole nitrogens is 1. The van der Waals surface area contributed by atoms with Crippen LogP contribution in [-0.4, -0.2) is 16.3 Å². The largest absolute Gasteiger partial charge is 0.301 e. The Morgan fingerprint density at radius 2 is 2.05 bits per heavy atom.